The second kappa shape index (κ2) is 13.9. The topological polar surface area (TPSA) is 27.7 Å². The van der Waals surface area contributed by atoms with E-state index in [1.807, 2.05) is 0 Å². The number of benzene rings is 1. The van der Waals surface area contributed by atoms with Crippen LogP contribution in [0.4, 0.5) is 0 Å². The zero-order valence-corrected chi connectivity index (χ0v) is 21.1. The van der Waals surface area contributed by atoms with Crippen LogP contribution in [0.5, 0.6) is 0 Å². The minimum absolute atomic E-state index is 0.724. The summed E-state index contributed by atoms with van der Waals surface area (Å²) in [6.45, 7) is 8.73. The Hall–Kier alpha value is 0.777. The Bertz CT molecular complexity index is 439. The minimum Gasteiger partial charge on any atom is -0.373 e. The predicted octanol–water partition coefficient (Wildman–Crippen LogP) is 6.37. The molecule has 0 saturated heterocycles. The molecule has 6 heteroatoms. The van der Waals surface area contributed by atoms with Crippen LogP contribution in [0.1, 0.15) is 64.9 Å². The van der Waals surface area contributed by atoms with Crippen LogP contribution >= 0.6 is 45.2 Å². The molecular weight excluding hydrogens is 558 g/mol. The molecule has 0 aliphatic rings. The molecule has 3 nitrogen and oxygen atoms in total. The highest BCUT2D eigenvalue weighted by Crippen LogP contribution is 2.22. The summed E-state index contributed by atoms with van der Waals surface area (Å²) in [5, 5.41) is 0. The normalized spacial score (nSPS) is 11.9. The zero-order chi connectivity index (χ0) is 18.5. The molecule has 1 aromatic carbocycles. The summed E-state index contributed by atoms with van der Waals surface area (Å²) < 4.78 is 21.5. The van der Waals surface area contributed by atoms with Gasteiger partial charge in [-0.25, -0.2) is 0 Å². The molecule has 0 amide bonds. The highest BCUT2D eigenvalue weighted by Gasteiger charge is 2.41. The maximum Gasteiger partial charge on any atom is 0.505 e. The number of rotatable bonds is 14. The number of hydrogen-bond donors (Lipinski definition) is 0. The first-order chi connectivity index (χ1) is 12.0. The molecule has 25 heavy (non-hydrogen) atoms. The number of unbranched alkanes of at least 4 members (excludes halogenated alkanes) is 3. The fourth-order valence-electron chi connectivity index (χ4n) is 2.36. The molecule has 144 valence electrons. The molecule has 0 N–H and O–H groups in total. The number of hydrogen-bond acceptors (Lipinski definition) is 3. The first-order valence-corrected chi connectivity index (χ1v) is 13.5. The van der Waals surface area contributed by atoms with Gasteiger partial charge < -0.3 is 13.3 Å². The van der Waals surface area contributed by atoms with E-state index < -0.39 is 8.80 Å². The lowest BCUT2D eigenvalue weighted by Crippen LogP contribution is -2.49. The molecule has 1 rings (SSSR count). The Morgan fingerprint density at radius 1 is 0.720 bits per heavy atom. The van der Waals surface area contributed by atoms with Gasteiger partial charge in [-0.1, -0.05) is 40.0 Å². The SMILES string of the molecule is CCCCO[Si](Cc1cc(I)cc(I)c1)(OCCCC)OCCCC. The van der Waals surface area contributed by atoms with E-state index in [2.05, 4.69) is 84.2 Å². The van der Waals surface area contributed by atoms with Gasteiger partial charge in [0, 0.05) is 33.0 Å². The Kier molecular flexibility index (Phi) is 13.2. The Balaban J connectivity index is 2.95. The van der Waals surface area contributed by atoms with Crippen molar-refractivity contribution in [3.05, 3.63) is 30.9 Å². The van der Waals surface area contributed by atoms with Crippen LogP contribution in [0.2, 0.25) is 0 Å². The summed E-state index contributed by atoms with van der Waals surface area (Å²) >= 11 is 4.75. The van der Waals surface area contributed by atoms with E-state index in [-0.39, 0.29) is 0 Å². The number of halogens is 2. The van der Waals surface area contributed by atoms with E-state index in [1.54, 1.807) is 0 Å². The van der Waals surface area contributed by atoms with Crippen molar-refractivity contribution in [3.8, 4) is 0 Å². The van der Waals surface area contributed by atoms with Gasteiger partial charge in [0.2, 0.25) is 0 Å². The first-order valence-electron chi connectivity index (χ1n) is 9.42. The van der Waals surface area contributed by atoms with Gasteiger partial charge in [-0.3, -0.25) is 0 Å². The van der Waals surface area contributed by atoms with Crippen LogP contribution < -0.4 is 0 Å². The molecule has 0 unspecified atom stereocenters. The molecule has 0 atom stereocenters. The van der Waals surface area contributed by atoms with Crippen molar-refractivity contribution >= 4 is 54.0 Å². The Morgan fingerprint density at radius 2 is 1.12 bits per heavy atom. The quantitative estimate of drug-likeness (QED) is 0.143. The van der Waals surface area contributed by atoms with Gasteiger partial charge in [0.25, 0.3) is 0 Å². The summed E-state index contributed by atoms with van der Waals surface area (Å²) in [5.74, 6) is 0. The van der Waals surface area contributed by atoms with Crippen molar-refractivity contribution in [2.45, 2.75) is 65.3 Å². The first kappa shape index (κ1) is 23.8. The average Bonchev–Trinajstić information content (AvgIpc) is 2.54. The molecule has 0 aliphatic carbocycles. The Morgan fingerprint density at radius 3 is 1.48 bits per heavy atom. The van der Waals surface area contributed by atoms with Crippen LogP contribution in [0.3, 0.4) is 0 Å². The standard InChI is InChI=1S/C19H32I2O3Si/c1-4-7-10-22-25(23-11-8-5-2,24-12-9-6-3)16-17-13-18(20)15-19(21)14-17/h13-15H,4-12,16H2,1-3H3. The summed E-state index contributed by atoms with van der Waals surface area (Å²) in [7, 11) is -2.70. The van der Waals surface area contributed by atoms with E-state index in [1.165, 1.54) is 12.7 Å². The predicted molar refractivity (Wildman–Crippen MR) is 124 cm³/mol. The molecule has 1 aromatic rings. The van der Waals surface area contributed by atoms with E-state index in [0.29, 0.717) is 0 Å². The monoisotopic (exact) mass is 590 g/mol. The van der Waals surface area contributed by atoms with Gasteiger partial charge in [0.1, 0.15) is 0 Å². The third-order valence-corrected chi connectivity index (χ3v) is 7.82. The lowest BCUT2D eigenvalue weighted by atomic mass is 10.2. The lowest BCUT2D eigenvalue weighted by molar-refractivity contribution is 0.0554. The molecule has 0 heterocycles. The van der Waals surface area contributed by atoms with Crippen LogP contribution in [-0.4, -0.2) is 28.6 Å². The fourth-order valence-corrected chi connectivity index (χ4v) is 7.05. The van der Waals surface area contributed by atoms with Crippen molar-refractivity contribution in [2.24, 2.45) is 0 Å². The van der Waals surface area contributed by atoms with Crippen LogP contribution in [0.25, 0.3) is 0 Å². The van der Waals surface area contributed by atoms with Crippen molar-refractivity contribution in [3.63, 3.8) is 0 Å². The minimum atomic E-state index is -2.70. The van der Waals surface area contributed by atoms with E-state index in [0.717, 1.165) is 64.4 Å². The van der Waals surface area contributed by atoms with Crippen LogP contribution in [0.15, 0.2) is 18.2 Å². The van der Waals surface area contributed by atoms with E-state index in [4.69, 9.17) is 13.3 Å². The second-order valence-corrected chi connectivity index (χ2v) is 11.3. The van der Waals surface area contributed by atoms with Crippen molar-refractivity contribution < 1.29 is 13.3 Å². The van der Waals surface area contributed by atoms with Gasteiger partial charge >= 0.3 is 8.80 Å². The zero-order valence-electron chi connectivity index (χ0n) is 15.8. The van der Waals surface area contributed by atoms with Gasteiger partial charge in [0.15, 0.2) is 0 Å². The maximum atomic E-state index is 6.34. The summed E-state index contributed by atoms with van der Waals surface area (Å²) in [6.07, 6.45) is 6.51. The maximum absolute atomic E-state index is 6.34. The molecule has 0 fully saturated rings. The highest BCUT2D eigenvalue weighted by atomic mass is 127. The lowest BCUT2D eigenvalue weighted by Gasteiger charge is -2.30. The van der Waals surface area contributed by atoms with Crippen molar-refractivity contribution in [1.82, 2.24) is 0 Å². The van der Waals surface area contributed by atoms with Crippen molar-refractivity contribution in [2.75, 3.05) is 19.8 Å². The van der Waals surface area contributed by atoms with Gasteiger partial charge in [-0.05, 0) is 88.2 Å². The third-order valence-electron chi connectivity index (χ3n) is 3.80. The average molecular weight is 590 g/mol. The summed E-state index contributed by atoms with van der Waals surface area (Å²) in [4.78, 5) is 0. The molecule has 0 radical (unpaired) electrons. The summed E-state index contributed by atoms with van der Waals surface area (Å²) in [5.41, 5.74) is 1.26. The third kappa shape index (κ3) is 10.0. The van der Waals surface area contributed by atoms with Gasteiger partial charge in [-0.15, -0.1) is 0 Å². The molecule has 0 saturated carbocycles. The second-order valence-electron chi connectivity index (χ2n) is 6.24. The molecule has 0 aromatic heterocycles. The Labute approximate surface area is 182 Å². The molecular formula is C19H32I2O3Si. The molecule has 0 spiro atoms. The fraction of sp³-hybridized carbons (Fsp3) is 0.684. The molecule has 0 bridgehead atoms. The largest absolute Gasteiger partial charge is 0.505 e. The van der Waals surface area contributed by atoms with E-state index in [9.17, 15) is 0 Å². The highest BCUT2D eigenvalue weighted by molar-refractivity contribution is 14.1. The van der Waals surface area contributed by atoms with E-state index >= 15 is 0 Å². The summed E-state index contributed by atoms with van der Waals surface area (Å²) in [6, 6.07) is 7.39. The molecule has 0 aliphatic heterocycles. The van der Waals surface area contributed by atoms with Gasteiger partial charge in [0.05, 0.1) is 0 Å². The van der Waals surface area contributed by atoms with Crippen LogP contribution in [-0.2, 0) is 19.3 Å². The van der Waals surface area contributed by atoms with Gasteiger partial charge in [-0.2, -0.15) is 0 Å². The van der Waals surface area contributed by atoms with Crippen molar-refractivity contribution in [1.29, 1.82) is 0 Å². The smallest absolute Gasteiger partial charge is 0.373 e. The van der Waals surface area contributed by atoms with Crippen LogP contribution in [0, 0.1) is 7.14 Å².